The average Bonchev–Trinajstić information content (AvgIpc) is 2.73. The predicted octanol–water partition coefficient (Wildman–Crippen LogP) is 2.80. The van der Waals surface area contributed by atoms with E-state index >= 15 is 0 Å². The molecule has 1 heterocycles. The van der Waals surface area contributed by atoms with E-state index in [0.29, 0.717) is 11.3 Å². The largest absolute Gasteiger partial charge is 0.573 e. The third kappa shape index (κ3) is 3.83. The van der Waals surface area contributed by atoms with E-state index in [1.165, 1.54) is 13.2 Å². The lowest BCUT2D eigenvalue weighted by atomic mass is 10.1. The van der Waals surface area contributed by atoms with Crippen molar-refractivity contribution in [2.24, 2.45) is 0 Å². The first-order valence-corrected chi connectivity index (χ1v) is 5.26. The van der Waals surface area contributed by atoms with Crippen molar-refractivity contribution in [2.75, 3.05) is 13.7 Å². The Kier molecular flexibility index (Phi) is 4.93. The highest BCUT2D eigenvalue weighted by Gasteiger charge is 2.32. The minimum Gasteiger partial charge on any atom is -0.496 e. The number of amides is 1. The molecule has 1 N–H and O–H groups in total. The Bertz CT molecular complexity index is 495. The molecule has 1 aromatic carbocycles. The van der Waals surface area contributed by atoms with Gasteiger partial charge in [-0.2, -0.15) is 0 Å². The molecule has 0 bridgehead atoms. The molecular formula is C11H11ClF3NO4. The summed E-state index contributed by atoms with van der Waals surface area (Å²) in [5, 5.41) is 2.46. The minimum atomic E-state index is -4.78. The first-order valence-electron chi connectivity index (χ1n) is 5.26. The number of hydrogen-bond acceptors (Lipinski definition) is 4. The first kappa shape index (κ1) is 16.2. The summed E-state index contributed by atoms with van der Waals surface area (Å²) < 4.78 is 50.0. The molecule has 1 atom stereocenters. The average molecular weight is 314 g/mol. The van der Waals surface area contributed by atoms with Gasteiger partial charge in [0.2, 0.25) is 0 Å². The Hall–Kier alpha value is -1.83. The molecule has 0 saturated carbocycles. The maximum absolute atomic E-state index is 12.1. The Morgan fingerprint density at radius 1 is 1.40 bits per heavy atom. The molecule has 9 heteroatoms. The fourth-order valence-electron chi connectivity index (χ4n) is 1.73. The van der Waals surface area contributed by atoms with Gasteiger partial charge in [-0.15, -0.1) is 25.6 Å². The van der Waals surface area contributed by atoms with Crippen LogP contribution in [-0.4, -0.2) is 26.2 Å². The monoisotopic (exact) mass is 313 g/mol. The van der Waals surface area contributed by atoms with Crippen LogP contribution in [0.5, 0.6) is 11.5 Å². The smallest absolute Gasteiger partial charge is 0.496 e. The van der Waals surface area contributed by atoms with Gasteiger partial charge in [-0.1, -0.05) is 0 Å². The van der Waals surface area contributed by atoms with Crippen molar-refractivity contribution >= 4 is 18.5 Å². The second-order valence-electron chi connectivity index (χ2n) is 3.75. The summed E-state index contributed by atoms with van der Waals surface area (Å²) in [7, 11) is 1.38. The number of methoxy groups -OCH3 is 1. The lowest BCUT2D eigenvalue weighted by Gasteiger charge is -2.15. The van der Waals surface area contributed by atoms with Crippen molar-refractivity contribution in [3.05, 3.63) is 23.8 Å². The summed E-state index contributed by atoms with van der Waals surface area (Å²) in [5.41, 5.74) is 0.357. The van der Waals surface area contributed by atoms with Crippen LogP contribution in [0, 0.1) is 0 Å². The Balaban J connectivity index is 0.00000200. The molecule has 1 aliphatic rings. The number of ether oxygens (including phenoxy) is 3. The summed E-state index contributed by atoms with van der Waals surface area (Å²) >= 11 is 0. The van der Waals surface area contributed by atoms with Crippen molar-refractivity contribution < 1.29 is 32.2 Å². The lowest BCUT2D eigenvalue weighted by Crippen LogP contribution is -2.20. The SMILES string of the molecule is COc1ccc(OC(F)(F)F)cc1[C@@H]1COC(=O)N1.Cl. The van der Waals surface area contributed by atoms with Gasteiger partial charge in [-0.05, 0) is 18.2 Å². The number of carbonyl (C=O) groups is 1. The number of rotatable bonds is 3. The molecule has 1 amide bonds. The molecular weight excluding hydrogens is 303 g/mol. The summed E-state index contributed by atoms with van der Waals surface area (Å²) in [6, 6.07) is 3.06. The number of nitrogens with one attached hydrogen (secondary N) is 1. The molecule has 2 rings (SSSR count). The van der Waals surface area contributed by atoms with E-state index in [1.54, 1.807) is 0 Å². The summed E-state index contributed by atoms with van der Waals surface area (Å²) in [4.78, 5) is 11.0. The topological polar surface area (TPSA) is 56.8 Å². The molecule has 5 nitrogen and oxygen atoms in total. The zero-order valence-corrected chi connectivity index (χ0v) is 11.0. The van der Waals surface area contributed by atoms with Crippen LogP contribution in [0.1, 0.15) is 11.6 Å². The molecule has 1 saturated heterocycles. The highest BCUT2D eigenvalue weighted by Crippen LogP contribution is 2.33. The second-order valence-corrected chi connectivity index (χ2v) is 3.75. The number of halogens is 4. The maximum atomic E-state index is 12.1. The molecule has 1 fully saturated rings. The maximum Gasteiger partial charge on any atom is 0.573 e. The van der Waals surface area contributed by atoms with Crippen molar-refractivity contribution in [3.8, 4) is 11.5 Å². The van der Waals surface area contributed by atoms with E-state index in [-0.39, 0.29) is 24.8 Å². The van der Waals surface area contributed by atoms with Gasteiger partial charge in [-0.3, -0.25) is 0 Å². The molecule has 112 valence electrons. The van der Waals surface area contributed by atoms with E-state index in [0.717, 1.165) is 12.1 Å². The Morgan fingerprint density at radius 2 is 2.10 bits per heavy atom. The predicted molar refractivity (Wildman–Crippen MR) is 64.1 cm³/mol. The first-order chi connectivity index (χ1) is 8.89. The number of alkyl halides is 3. The van der Waals surface area contributed by atoms with E-state index in [2.05, 4.69) is 10.1 Å². The van der Waals surface area contributed by atoms with Gasteiger partial charge in [-0.25, -0.2) is 4.79 Å². The lowest BCUT2D eigenvalue weighted by molar-refractivity contribution is -0.274. The van der Waals surface area contributed by atoms with E-state index in [9.17, 15) is 18.0 Å². The molecule has 0 radical (unpaired) electrons. The zero-order valence-electron chi connectivity index (χ0n) is 10.2. The summed E-state index contributed by atoms with van der Waals surface area (Å²) in [6.07, 6.45) is -5.41. The van der Waals surface area contributed by atoms with Crippen LogP contribution in [0.2, 0.25) is 0 Å². The fraction of sp³-hybridized carbons (Fsp3) is 0.364. The van der Waals surface area contributed by atoms with Gasteiger partial charge in [0, 0.05) is 5.56 Å². The standard InChI is InChI=1S/C11H10F3NO4.ClH/c1-17-9-3-2-6(19-11(12,13)14)4-7(9)8-5-18-10(16)15-8;/h2-4,8H,5H2,1H3,(H,15,16);1H/t8-;/m0./s1. The van der Waals surface area contributed by atoms with Crippen LogP contribution in [0.25, 0.3) is 0 Å². The van der Waals surface area contributed by atoms with Crippen LogP contribution < -0.4 is 14.8 Å². The highest BCUT2D eigenvalue weighted by molar-refractivity contribution is 5.85. The van der Waals surface area contributed by atoms with Gasteiger partial charge in [0.05, 0.1) is 13.2 Å². The summed E-state index contributed by atoms with van der Waals surface area (Å²) in [5.74, 6) is -0.0465. The molecule has 1 aliphatic heterocycles. The van der Waals surface area contributed by atoms with Gasteiger partial charge >= 0.3 is 12.5 Å². The van der Waals surface area contributed by atoms with Crippen molar-refractivity contribution in [3.63, 3.8) is 0 Å². The summed E-state index contributed by atoms with van der Waals surface area (Å²) in [6.45, 7) is 0.0185. The zero-order chi connectivity index (χ0) is 14.0. The van der Waals surface area contributed by atoms with E-state index in [4.69, 9.17) is 9.47 Å². The van der Waals surface area contributed by atoms with Crippen LogP contribution in [-0.2, 0) is 4.74 Å². The van der Waals surface area contributed by atoms with E-state index in [1.807, 2.05) is 0 Å². The third-order valence-corrected chi connectivity index (χ3v) is 2.48. The number of alkyl carbamates (subject to hydrolysis) is 1. The van der Waals surface area contributed by atoms with E-state index < -0.39 is 18.5 Å². The molecule has 1 aromatic rings. The van der Waals surface area contributed by atoms with Crippen LogP contribution in [0.3, 0.4) is 0 Å². The van der Waals surface area contributed by atoms with Gasteiger partial charge < -0.3 is 19.5 Å². The third-order valence-electron chi connectivity index (χ3n) is 2.48. The number of carbonyl (C=O) groups excluding carboxylic acids is 1. The van der Waals surface area contributed by atoms with Crippen LogP contribution >= 0.6 is 12.4 Å². The Labute approximate surface area is 118 Å². The van der Waals surface area contributed by atoms with Gasteiger partial charge in [0.1, 0.15) is 18.1 Å². The van der Waals surface area contributed by atoms with Gasteiger partial charge in [0.25, 0.3) is 0 Å². The molecule has 20 heavy (non-hydrogen) atoms. The second kappa shape index (κ2) is 6.08. The number of benzene rings is 1. The van der Waals surface area contributed by atoms with Crippen LogP contribution in [0.4, 0.5) is 18.0 Å². The fourth-order valence-corrected chi connectivity index (χ4v) is 1.73. The Morgan fingerprint density at radius 3 is 2.60 bits per heavy atom. The number of cyclic esters (lactones) is 1. The quantitative estimate of drug-likeness (QED) is 0.932. The molecule has 0 unspecified atom stereocenters. The highest BCUT2D eigenvalue weighted by atomic mass is 35.5. The molecule has 0 aliphatic carbocycles. The minimum absolute atomic E-state index is 0. The van der Waals surface area contributed by atoms with Crippen molar-refractivity contribution in [2.45, 2.75) is 12.4 Å². The normalized spacial score (nSPS) is 17.8. The molecule has 0 spiro atoms. The van der Waals surface area contributed by atoms with Crippen molar-refractivity contribution in [1.82, 2.24) is 5.32 Å². The molecule has 0 aromatic heterocycles. The van der Waals surface area contributed by atoms with Crippen LogP contribution in [0.15, 0.2) is 18.2 Å². The number of hydrogen-bond donors (Lipinski definition) is 1. The van der Waals surface area contributed by atoms with Crippen molar-refractivity contribution in [1.29, 1.82) is 0 Å². The van der Waals surface area contributed by atoms with Gasteiger partial charge in [0.15, 0.2) is 0 Å².